The van der Waals surface area contributed by atoms with E-state index in [2.05, 4.69) is 14.7 Å². The van der Waals surface area contributed by atoms with Crippen molar-refractivity contribution in [3.05, 3.63) is 18.2 Å². The summed E-state index contributed by atoms with van der Waals surface area (Å²) in [6, 6.07) is 0. The van der Waals surface area contributed by atoms with Crippen LogP contribution in [0.2, 0.25) is 0 Å². The van der Waals surface area contributed by atoms with E-state index in [1.165, 1.54) is 4.31 Å². The molecule has 0 amide bonds. The van der Waals surface area contributed by atoms with Crippen LogP contribution in [0.3, 0.4) is 0 Å². The first-order valence-electron chi connectivity index (χ1n) is 5.83. The van der Waals surface area contributed by atoms with Crippen LogP contribution in [0.5, 0.6) is 0 Å². The molecule has 1 heterocycles. The third-order valence-electron chi connectivity index (χ3n) is 2.48. The van der Waals surface area contributed by atoms with Crippen LogP contribution >= 0.6 is 0 Å². The number of H-pyrrole nitrogens is 1. The van der Waals surface area contributed by atoms with Crippen LogP contribution < -0.4 is 4.72 Å². The Bertz CT molecular complexity index is 398. The van der Waals surface area contributed by atoms with Crippen molar-refractivity contribution in [3.8, 4) is 0 Å². The summed E-state index contributed by atoms with van der Waals surface area (Å²) >= 11 is 0. The fraction of sp³-hybridized carbons (Fsp3) is 0.700. The molecule has 1 aromatic rings. The number of hydrogen-bond acceptors (Lipinski definition) is 3. The maximum atomic E-state index is 11.7. The van der Waals surface area contributed by atoms with Crippen molar-refractivity contribution in [3.63, 3.8) is 0 Å². The van der Waals surface area contributed by atoms with Crippen molar-refractivity contribution in [2.24, 2.45) is 0 Å². The quantitative estimate of drug-likeness (QED) is 0.669. The molecule has 7 heteroatoms. The fourth-order valence-corrected chi connectivity index (χ4v) is 2.81. The van der Waals surface area contributed by atoms with E-state index in [1.807, 2.05) is 13.8 Å². The molecule has 0 saturated carbocycles. The highest BCUT2D eigenvalue weighted by Crippen LogP contribution is 1.98. The zero-order valence-electron chi connectivity index (χ0n) is 10.3. The van der Waals surface area contributed by atoms with Crippen LogP contribution in [0, 0.1) is 0 Å². The molecular formula is C10H20N4O2S. The largest absolute Gasteiger partial charge is 0.349 e. The summed E-state index contributed by atoms with van der Waals surface area (Å²) in [7, 11) is -3.31. The summed E-state index contributed by atoms with van der Waals surface area (Å²) in [6.07, 6.45) is 4.92. The number of imidazole rings is 1. The van der Waals surface area contributed by atoms with Gasteiger partial charge in [0.1, 0.15) is 5.82 Å². The normalized spacial score (nSPS) is 12.2. The Morgan fingerprint density at radius 2 is 2.12 bits per heavy atom. The Morgan fingerprint density at radius 1 is 1.41 bits per heavy atom. The maximum absolute atomic E-state index is 11.7. The number of hydrogen-bond donors (Lipinski definition) is 2. The van der Waals surface area contributed by atoms with Gasteiger partial charge in [0.15, 0.2) is 0 Å². The van der Waals surface area contributed by atoms with Crippen molar-refractivity contribution in [1.82, 2.24) is 19.0 Å². The van der Waals surface area contributed by atoms with Gasteiger partial charge in [-0.25, -0.2) is 9.71 Å². The Labute approximate surface area is 103 Å². The van der Waals surface area contributed by atoms with Crippen molar-refractivity contribution in [1.29, 1.82) is 0 Å². The van der Waals surface area contributed by atoms with E-state index in [1.54, 1.807) is 12.4 Å². The smallest absolute Gasteiger partial charge is 0.279 e. The third-order valence-corrected chi connectivity index (χ3v) is 4.24. The highest BCUT2D eigenvalue weighted by molar-refractivity contribution is 7.87. The Morgan fingerprint density at radius 3 is 2.65 bits per heavy atom. The number of rotatable bonds is 8. The summed E-state index contributed by atoms with van der Waals surface area (Å²) in [5.41, 5.74) is 0. The number of aromatic amines is 1. The SMILES string of the molecule is CCN(CC)S(=O)(=O)NCCCc1ncc[nH]1. The maximum Gasteiger partial charge on any atom is 0.279 e. The number of aromatic nitrogens is 2. The predicted octanol–water partition coefficient (Wildman–Crippen LogP) is 0.518. The first-order valence-corrected chi connectivity index (χ1v) is 7.27. The van der Waals surface area contributed by atoms with Gasteiger partial charge in [0, 0.05) is 38.4 Å². The molecule has 98 valence electrons. The summed E-state index contributed by atoms with van der Waals surface area (Å²) < 4.78 is 27.5. The lowest BCUT2D eigenvalue weighted by Crippen LogP contribution is -2.40. The molecule has 0 radical (unpaired) electrons. The zero-order chi connectivity index (χ0) is 12.7. The van der Waals surface area contributed by atoms with Crippen LogP contribution in [-0.4, -0.2) is 42.3 Å². The van der Waals surface area contributed by atoms with Crippen LogP contribution in [0.4, 0.5) is 0 Å². The molecule has 1 rings (SSSR count). The van der Waals surface area contributed by atoms with Crippen molar-refractivity contribution in [2.45, 2.75) is 26.7 Å². The van der Waals surface area contributed by atoms with Gasteiger partial charge in [0.25, 0.3) is 10.2 Å². The van der Waals surface area contributed by atoms with Gasteiger partial charge in [-0.1, -0.05) is 13.8 Å². The standard InChI is InChI=1S/C10H20N4O2S/c1-3-14(4-2)17(15,16)13-7-5-6-10-11-8-9-12-10/h8-9,13H,3-7H2,1-2H3,(H,11,12). The van der Waals surface area contributed by atoms with E-state index in [9.17, 15) is 8.42 Å². The highest BCUT2D eigenvalue weighted by Gasteiger charge is 2.16. The second-order valence-electron chi connectivity index (χ2n) is 3.62. The molecule has 0 spiro atoms. The van der Waals surface area contributed by atoms with Gasteiger partial charge in [-0.3, -0.25) is 0 Å². The third kappa shape index (κ3) is 4.45. The molecule has 0 saturated heterocycles. The fourth-order valence-electron chi connectivity index (χ4n) is 1.55. The molecule has 0 aliphatic heterocycles. The van der Waals surface area contributed by atoms with Gasteiger partial charge in [0.2, 0.25) is 0 Å². The molecule has 1 aromatic heterocycles. The average Bonchev–Trinajstić information content (AvgIpc) is 2.78. The van der Waals surface area contributed by atoms with Crippen molar-refractivity contribution < 1.29 is 8.42 Å². The second kappa shape index (κ2) is 6.73. The molecule has 0 unspecified atom stereocenters. The summed E-state index contributed by atoms with van der Waals surface area (Å²) in [4.78, 5) is 7.06. The molecular weight excluding hydrogens is 240 g/mol. The minimum Gasteiger partial charge on any atom is -0.349 e. The van der Waals surface area contributed by atoms with Crippen molar-refractivity contribution >= 4 is 10.2 Å². The Kier molecular flexibility index (Phi) is 5.60. The first kappa shape index (κ1) is 14.1. The van der Waals surface area contributed by atoms with Gasteiger partial charge < -0.3 is 4.98 Å². The summed E-state index contributed by atoms with van der Waals surface area (Å²) in [5.74, 6) is 0.882. The van der Waals surface area contributed by atoms with Crippen LogP contribution in [0.15, 0.2) is 12.4 Å². The van der Waals surface area contributed by atoms with Gasteiger partial charge >= 0.3 is 0 Å². The lowest BCUT2D eigenvalue weighted by atomic mass is 10.3. The molecule has 17 heavy (non-hydrogen) atoms. The van der Waals surface area contributed by atoms with Crippen LogP contribution in [0.25, 0.3) is 0 Å². The topological polar surface area (TPSA) is 78.1 Å². The monoisotopic (exact) mass is 260 g/mol. The van der Waals surface area contributed by atoms with E-state index < -0.39 is 10.2 Å². The molecule has 0 aliphatic carbocycles. The molecule has 2 N–H and O–H groups in total. The minimum atomic E-state index is -3.31. The van der Waals surface area contributed by atoms with Gasteiger partial charge in [-0.05, 0) is 6.42 Å². The van der Waals surface area contributed by atoms with E-state index >= 15 is 0 Å². The van der Waals surface area contributed by atoms with E-state index in [0.29, 0.717) is 19.6 Å². The molecule has 0 aliphatic rings. The molecule has 0 atom stereocenters. The summed E-state index contributed by atoms with van der Waals surface area (Å²) in [6.45, 7) is 5.06. The molecule has 6 nitrogen and oxygen atoms in total. The Hall–Kier alpha value is -0.920. The minimum absolute atomic E-state index is 0.430. The lowest BCUT2D eigenvalue weighted by molar-refractivity contribution is 0.434. The molecule has 0 aromatic carbocycles. The van der Waals surface area contributed by atoms with Gasteiger partial charge in [-0.15, -0.1) is 0 Å². The average molecular weight is 260 g/mol. The van der Waals surface area contributed by atoms with Crippen LogP contribution in [-0.2, 0) is 16.6 Å². The first-order chi connectivity index (χ1) is 8.10. The number of aryl methyl sites for hydroxylation is 1. The summed E-state index contributed by atoms with van der Waals surface area (Å²) in [5, 5.41) is 0. The predicted molar refractivity (Wildman–Crippen MR) is 66.8 cm³/mol. The van der Waals surface area contributed by atoms with E-state index in [-0.39, 0.29) is 0 Å². The van der Waals surface area contributed by atoms with Crippen molar-refractivity contribution in [2.75, 3.05) is 19.6 Å². The van der Waals surface area contributed by atoms with E-state index in [0.717, 1.165) is 18.7 Å². The van der Waals surface area contributed by atoms with E-state index in [4.69, 9.17) is 0 Å². The zero-order valence-corrected chi connectivity index (χ0v) is 11.1. The number of nitrogens with zero attached hydrogens (tertiary/aromatic N) is 2. The van der Waals surface area contributed by atoms with Gasteiger partial charge in [0.05, 0.1) is 0 Å². The molecule has 0 bridgehead atoms. The highest BCUT2D eigenvalue weighted by atomic mass is 32.2. The molecule has 0 fully saturated rings. The Balaban J connectivity index is 2.30. The van der Waals surface area contributed by atoms with Crippen LogP contribution in [0.1, 0.15) is 26.1 Å². The lowest BCUT2D eigenvalue weighted by Gasteiger charge is -2.18. The second-order valence-corrected chi connectivity index (χ2v) is 5.38. The van der Waals surface area contributed by atoms with Gasteiger partial charge in [-0.2, -0.15) is 12.7 Å². The number of nitrogens with one attached hydrogen (secondary N) is 2.